The summed E-state index contributed by atoms with van der Waals surface area (Å²) in [7, 11) is 1.59. The molecule has 0 bridgehead atoms. The Balaban J connectivity index is 2.01. The van der Waals surface area contributed by atoms with Gasteiger partial charge in [-0.15, -0.1) is 0 Å². The number of furan rings is 1. The predicted molar refractivity (Wildman–Crippen MR) is 91.3 cm³/mol. The zero-order valence-electron chi connectivity index (χ0n) is 13.3. The van der Waals surface area contributed by atoms with Crippen molar-refractivity contribution in [2.75, 3.05) is 7.11 Å². The standard InChI is InChI=1S/C20H13F2NO2/c1-24-15-5-2-12(3-6-15)20-19(13-8-9-23-18(22)10-13)16-11-14(21)4-7-17(16)25-20/h2-11H,1H3. The van der Waals surface area contributed by atoms with Gasteiger partial charge in [-0.25, -0.2) is 9.37 Å². The summed E-state index contributed by atoms with van der Waals surface area (Å²) in [4.78, 5) is 3.58. The molecule has 0 spiro atoms. The fourth-order valence-electron chi connectivity index (χ4n) is 2.86. The van der Waals surface area contributed by atoms with Gasteiger partial charge in [0, 0.05) is 28.8 Å². The van der Waals surface area contributed by atoms with E-state index in [1.165, 1.54) is 24.4 Å². The molecule has 2 aromatic heterocycles. The van der Waals surface area contributed by atoms with Gasteiger partial charge in [0.2, 0.25) is 5.95 Å². The number of hydrogen-bond donors (Lipinski definition) is 0. The maximum Gasteiger partial charge on any atom is 0.213 e. The van der Waals surface area contributed by atoms with Crippen molar-refractivity contribution in [2.45, 2.75) is 0 Å². The van der Waals surface area contributed by atoms with Crippen molar-refractivity contribution in [3.05, 3.63) is 72.6 Å². The minimum atomic E-state index is -0.607. The number of ether oxygens (including phenoxy) is 1. The molecule has 0 aliphatic carbocycles. The Morgan fingerprint density at radius 2 is 1.72 bits per heavy atom. The molecule has 0 saturated heterocycles. The molecule has 4 aromatic rings. The lowest BCUT2D eigenvalue weighted by Gasteiger charge is -2.05. The molecule has 2 heterocycles. The predicted octanol–water partition coefficient (Wildman–Crippen LogP) is 5.45. The Kier molecular flexibility index (Phi) is 3.69. The van der Waals surface area contributed by atoms with E-state index < -0.39 is 5.95 Å². The van der Waals surface area contributed by atoms with Crippen molar-refractivity contribution in [1.29, 1.82) is 0 Å². The smallest absolute Gasteiger partial charge is 0.213 e. The fourth-order valence-corrected chi connectivity index (χ4v) is 2.86. The van der Waals surface area contributed by atoms with Gasteiger partial charge in [-0.1, -0.05) is 0 Å². The number of nitrogens with zero attached hydrogens (tertiary/aromatic N) is 1. The van der Waals surface area contributed by atoms with E-state index >= 15 is 0 Å². The number of rotatable bonds is 3. The SMILES string of the molecule is COc1ccc(-c2oc3ccc(F)cc3c2-c2ccnc(F)c2)cc1. The summed E-state index contributed by atoms with van der Waals surface area (Å²) >= 11 is 0. The highest BCUT2D eigenvalue weighted by atomic mass is 19.1. The first kappa shape index (κ1) is 15.3. The third-order valence-corrected chi connectivity index (χ3v) is 4.02. The summed E-state index contributed by atoms with van der Waals surface area (Å²) < 4.78 is 38.5. The Bertz CT molecular complexity index is 1060. The van der Waals surface area contributed by atoms with Gasteiger partial charge < -0.3 is 9.15 Å². The van der Waals surface area contributed by atoms with Crippen LogP contribution in [0.15, 0.2) is 65.2 Å². The Hall–Kier alpha value is -3.21. The Labute approximate surface area is 142 Å². The van der Waals surface area contributed by atoms with Crippen LogP contribution in [0.3, 0.4) is 0 Å². The summed E-state index contributed by atoms with van der Waals surface area (Å²) in [6.07, 6.45) is 1.38. The number of methoxy groups -OCH3 is 1. The van der Waals surface area contributed by atoms with Crippen LogP contribution >= 0.6 is 0 Å². The van der Waals surface area contributed by atoms with Crippen molar-refractivity contribution in [3.63, 3.8) is 0 Å². The second-order valence-corrected chi connectivity index (χ2v) is 5.54. The van der Waals surface area contributed by atoms with Gasteiger partial charge in [0.05, 0.1) is 7.11 Å². The first-order valence-corrected chi connectivity index (χ1v) is 7.64. The van der Waals surface area contributed by atoms with Gasteiger partial charge in [0.1, 0.15) is 22.9 Å². The number of pyridine rings is 1. The average Bonchev–Trinajstić information content (AvgIpc) is 3.00. The van der Waals surface area contributed by atoms with E-state index in [4.69, 9.17) is 9.15 Å². The molecule has 4 rings (SSSR count). The van der Waals surface area contributed by atoms with E-state index in [1.807, 2.05) is 12.1 Å². The van der Waals surface area contributed by atoms with Crippen LogP contribution in [-0.4, -0.2) is 12.1 Å². The molecule has 0 unspecified atom stereocenters. The second kappa shape index (κ2) is 6.02. The number of halogens is 2. The molecule has 0 radical (unpaired) electrons. The highest BCUT2D eigenvalue weighted by molar-refractivity contribution is 6.01. The van der Waals surface area contributed by atoms with E-state index in [-0.39, 0.29) is 5.82 Å². The summed E-state index contributed by atoms with van der Waals surface area (Å²) in [5, 5.41) is 0.580. The summed E-state index contributed by atoms with van der Waals surface area (Å²) in [6, 6.07) is 14.6. The molecule has 0 fully saturated rings. The van der Waals surface area contributed by atoms with E-state index in [9.17, 15) is 8.78 Å². The fraction of sp³-hybridized carbons (Fsp3) is 0.0500. The lowest BCUT2D eigenvalue weighted by atomic mass is 9.99. The Morgan fingerprint density at radius 1 is 0.920 bits per heavy atom. The van der Waals surface area contributed by atoms with Gasteiger partial charge >= 0.3 is 0 Å². The van der Waals surface area contributed by atoms with Gasteiger partial charge in [0.15, 0.2) is 0 Å². The highest BCUT2D eigenvalue weighted by Gasteiger charge is 2.19. The van der Waals surface area contributed by atoms with Gasteiger partial charge in [0.25, 0.3) is 0 Å². The van der Waals surface area contributed by atoms with Crippen molar-refractivity contribution in [3.8, 4) is 28.2 Å². The minimum absolute atomic E-state index is 0.384. The molecule has 2 aromatic carbocycles. The van der Waals surface area contributed by atoms with Crippen molar-refractivity contribution in [1.82, 2.24) is 4.98 Å². The molecular formula is C20H13F2NO2. The van der Waals surface area contributed by atoms with E-state index in [0.29, 0.717) is 33.6 Å². The molecule has 5 heteroatoms. The molecule has 3 nitrogen and oxygen atoms in total. The van der Waals surface area contributed by atoms with Crippen LogP contribution in [0.25, 0.3) is 33.4 Å². The summed E-state index contributed by atoms with van der Waals surface area (Å²) in [5.41, 5.74) is 2.51. The largest absolute Gasteiger partial charge is 0.497 e. The van der Waals surface area contributed by atoms with Crippen LogP contribution < -0.4 is 4.74 Å². The third-order valence-electron chi connectivity index (χ3n) is 4.02. The normalized spacial score (nSPS) is 11.0. The number of hydrogen-bond acceptors (Lipinski definition) is 3. The number of aromatic nitrogens is 1. The summed E-state index contributed by atoms with van der Waals surface area (Å²) in [6.45, 7) is 0. The highest BCUT2D eigenvalue weighted by Crippen LogP contribution is 2.41. The van der Waals surface area contributed by atoms with Crippen LogP contribution in [0.4, 0.5) is 8.78 Å². The Morgan fingerprint density at radius 3 is 2.44 bits per heavy atom. The van der Waals surface area contributed by atoms with Crippen molar-refractivity contribution < 1.29 is 17.9 Å². The third kappa shape index (κ3) is 2.74. The zero-order valence-corrected chi connectivity index (χ0v) is 13.3. The maximum absolute atomic E-state index is 13.8. The molecule has 0 saturated carbocycles. The first-order valence-electron chi connectivity index (χ1n) is 7.64. The number of benzene rings is 2. The lowest BCUT2D eigenvalue weighted by molar-refractivity contribution is 0.415. The van der Waals surface area contributed by atoms with Crippen LogP contribution in [0.1, 0.15) is 0 Å². The van der Waals surface area contributed by atoms with E-state index in [1.54, 1.807) is 31.4 Å². The molecular weight excluding hydrogens is 324 g/mol. The lowest BCUT2D eigenvalue weighted by Crippen LogP contribution is -1.86. The average molecular weight is 337 g/mol. The van der Waals surface area contributed by atoms with E-state index in [0.717, 1.165) is 5.56 Å². The van der Waals surface area contributed by atoms with E-state index in [2.05, 4.69) is 4.98 Å². The second-order valence-electron chi connectivity index (χ2n) is 5.54. The molecule has 25 heavy (non-hydrogen) atoms. The maximum atomic E-state index is 13.8. The van der Waals surface area contributed by atoms with Crippen LogP contribution in [0, 0.1) is 11.8 Å². The van der Waals surface area contributed by atoms with Crippen LogP contribution in [0.5, 0.6) is 5.75 Å². The van der Waals surface area contributed by atoms with Crippen LogP contribution in [0.2, 0.25) is 0 Å². The van der Waals surface area contributed by atoms with Gasteiger partial charge in [-0.05, 0) is 54.1 Å². The quantitative estimate of drug-likeness (QED) is 0.466. The topological polar surface area (TPSA) is 35.3 Å². The molecule has 0 aliphatic heterocycles. The van der Waals surface area contributed by atoms with Crippen molar-refractivity contribution >= 4 is 11.0 Å². The number of fused-ring (bicyclic) bond motifs is 1. The monoisotopic (exact) mass is 337 g/mol. The summed E-state index contributed by atoms with van der Waals surface area (Å²) in [5.74, 6) is 0.255. The molecule has 0 aliphatic rings. The van der Waals surface area contributed by atoms with Crippen molar-refractivity contribution in [2.24, 2.45) is 0 Å². The molecule has 124 valence electrons. The molecule has 0 amide bonds. The molecule has 0 atom stereocenters. The van der Waals surface area contributed by atoms with Gasteiger partial charge in [-0.2, -0.15) is 4.39 Å². The zero-order chi connectivity index (χ0) is 17.4. The van der Waals surface area contributed by atoms with Crippen LogP contribution in [-0.2, 0) is 0 Å². The first-order chi connectivity index (χ1) is 12.2. The molecule has 0 N–H and O–H groups in total. The minimum Gasteiger partial charge on any atom is -0.497 e. The van der Waals surface area contributed by atoms with Gasteiger partial charge in [-0.3, -0.25) is 0 Å².